The van der Waals surface area contributed by atoms with Crippen LogP contribution in [0.25, 0.3) is 0 Å². The standard InChI is InChI=1S/C2H3FS2/c1-2(4)5-3/h1H3. The molecule has 0 aromatic carbocycles. The average molecular weight is 110 g/mol. The van der Waals surface area contributed by atoms with E-state index in [9.17, 15) is 3.89 Å². The number of hydrogen-bond donors (Lipinski definition) is 0. The summed E-state index contributed by atoms with van der Waals surface area (Å²) in [5.41, 5.74) is 0. The maximum atomic E-state index is 10.9. The molecule has 0 unspecified atom stereocenters. The lowest BCUT2D eigenvalue weighted by Gasteiger charge is -1.70. The monoisotopic (exact) mass is 110 g/mol. The Morgan fingerprint density at radius 1 is 2.00 bits per heavy atom. The Morgan fingerprint density at radius 3 is 2.20 bits per heavy atom. The average Bonchev–Trinajstić information content (AvgIpc) is 1.38. The van der Waals surface area contributed by atoms with Crippen LogP contribution in [-0.4, -0.2) is 4.20 Å². The van der Waals surface area contributed by atoms with E-state index in [1.807, 2.05) is 0 Å². The molecule has 0 bridgehead atoms. The first kappa shape index (κ1) is 5.37. The predicted molar refractivity (Wildman–Crippen MR) is 27.0 cm³/mol. The van der Waals surface area contributed by atoms with Crippen molar-refractivity contribution in [2.45, 2.75) is 6.92 Å². The van der Waals surface area contributed by atoms with Crippen LogP contribution in [0.5, 0.6) is 0 Å². The maximum absolute atomic E-state index is 10.9. The van der Waals surface area contributed by atoms with E-state index in [0.717, 1.165) is 0 Å². The summed E-state index contributed by atoms with van der Waals surface area (Å²) in [6, 6.07) is 0. The zero-order chi connectivity index (χ0) is 4.28. The van der Waals surface area contributed by atoms with Gasteiger partial charge in [0, 0.05) is 0 Å². The van der Waals surface area contributed by atoms with Crippen molar-refractivity contribution in [3.05, 3.63) is 0 Å². The molecule has 5 heavy (non-hydrogen) atoms. The van der Waals surface area contributed by atoms with E-state index in [0.29, 0.717) is 4.20 Å². The molecule has 0 aromatic heterocycles. The molecule has 0 rings (SSSR count). The van der Waals surface area contributed by atoms with Crippen molar-refractivity contribution in [1.29, 1.82) is 0 Å². The minimum Gasteiger partial charge on any atom is -0.159 e. The minimum atomic E-state index is 0.111. The summed E-state index contributed by atoms with van der Waals surface area (Å²) in [5, 5.41) is 0. The Balaban J connectivity index is 2.85. The van der Waals surface area contributed by atoms with Crippen LogP contribution in [0.4, 0.5) is 3.89 Å². The van der Waals surface area contributed by atoms with E-state index in [-0.39, 0.29) is 12.1 Å². The van der Waals surface area contributed by atoms with Gasteiger partial charge in [-0.05, 0) is 6.92 Å². The Kier molecular flexibility index (Phi) is 2.79. The van der Waals surface area contributed by atoms with Crippen molar-refractivity contribution in [1.82, 2.24) is 0 Å². The molecule has 0 atom stereocenters. The van der Waals surface area contributed by atoms with Gasteiger partial charge < -0.3 is 0 Å². The van der Waals surface area contributed by atoms with Crippen molar-refractivity contribution in [2.75, 3.05) is 0 Å². The Bertz CT molecular complexity index is 42.9. The highest BCUT2D eigenvalue weighted by molar-refractivity contribution is 8.19. The number of rotatable bonds is 0. The van der Waals surface area contributed by atoms with E-state index in [4.69, 9.17) is 0 Å². The quantitative estimate of drug-likeness (QED) is 0.437. The molecule has 0 aromatic rings. The van der Waals surface area contributed by atoms with Gasteiger partial charge in [0.15, 0.2) is 0 Å². The van der Waals surface area contributed by atoms with Gasteiger partial charge in [-0.3, -0.25) is 0 Å². The normalized spacial score (nSPS) is 7.60. The van der Waals surface area contributed by atoms with Crippen LogP contribution in [-0.2, 0) is 0 Å². The van der Waals surface area contributed by atoms with Crippen LogP contribution in [0.15, 0.2) is 0 Å². The van der Waals surface area contributed by atoms with Gasteiger partial charge in [-0.1, -0.05) is 12.2 Å². The molecule has 0 aliphatic rings. The Morgan fingerprint density at radius 2 is 2.20 bits per heavy atom. The fraction of sp³-hybridized carbons (Fsp3) is 0.500. The van der Waals surface area contributed by atoms with E-state index < -0.39 is 0 Å². The zero-order valence-electron chi connectivity index (χ0n) is 2.69. The lowest BCUT2D eigenvalue weighted by molar-refractivity contribution is 0.950. The SMILES string of the molecule is CC(=S)SF. The third kappa shape index (κ3) is 4.37. The van der Waals surface area contributed by atoms with Gasteiger partial charge in [-0.2, -0.15) is 3.89 Å². The van der Waals surface area contributed by atoms with Crippen molar-refractivity contribution in [3.8, 4) is 0 Å². The van der Waals surface area contributed by atoms with Crippen LogP contribution in [0.2, 0.25) is 0 Å². The van der Waals surface area contributed by atoms with Gasteiger partial charge in [0.25, 0.3) is 0 Å². The second-order valence-electron chi connectivity index (χ2n) is 0.569. The summed E-state index contributed by atoms with van der Waals surface area (Å²) in [5.74, 6) is 0. The van der Waals surface area contributed by atoms with Crippen LogP contribution in [0, 0.1) is 0 Å². The molecule has 0 nitrogen and oxygen atoms in total. The molecule has 3 heteroatoms. The molecule has 0 N–H and O–H groups in total. The van der Waals surface area contributed by atoms with Gasteiger partial charge in [-0.25, -0.2) is 0 Å². The van der Waals surface area contributed by atoms with Crippen molar-refractivity contribution >= 4 is 28.6 Å². The van der Waals surface area contributed by atoms with E-state index >= 15 is 0 Å². The summed E-state index contributed by atoms with van der Waals surface area (Å²) in [6.45, 7) is 1.54. The van der Waals surface area contributed by atoms with E-state index in [1.54, 1.807) is 6.92 Å². The molecule has 30 valence electrons. The molecular weight excluding hydrogens is 107 g/mol. The first-order valence-electron chi connectivity index (χ1n) is 1.06. The molecule has 0 saturated carbocycles. The first-order chi connectivity index (χ1) is 2.27. The molecule has 0 amide bonds. The van der Waals surface area contributed by atoms with Crippen LogP contribution >= 0.6 is 24.4 Å². The van der Waals surface area contributed by atoms with Crippen molar-refractivity contribution in [2.24, 2.45) is 0 Å². The fourth-order valence-corrected chi connectivity index (χ4v) is 0. The lowest BCUT2D eigenvalue weighted by atomic mass is 11.0. The molecule has 0 aliphatic heterocycles. The fourth-order valence-electron chi connectivity index (χ4n) is 0. The van der Waals surface area contributed by atoms with Crippen LogP contribution < -0.4 is 0 Å². The van der Waals surface area contributed by atoms with Crippen LogP contribution in [0.1, 0.15) is 6.92 Å². The largest absolute Gasteiger partial charge is 0.159 e. The summed E-state index contributed by atoms with van der Waals surface area (Å²) in [7, 11) is 0. The molecule has 0 saturated heterocycles. The Labute approximate surface area is 40.0 Å². The number of thiocarbonyl (C=S) groups is 1. The summed E-state index contributed by atoms with van der Waals surface area (Å²) in [4.78, 5) is 0. The highest BCUT2D eigenvalue weighted by atomic mass is 32.2. The van der Waals surface area contributed by atoms with Crippen molar-refractivity contribution < 1.29 is 3.89 Å². The van der Waals surface area contributed by atoms with E-state index in [2.05, 4.69) is 12.2 Å². The zero-order valence-corrected chi connectivity index (χ0v) is 4.33. The predicted octanol–water partition coefficient (Wildman–Crippen LogP) is 1.95. The third-order valence-electron chi connectivity index (χ3n) is 0.109. The summed E-state index contributed by atoms with van der Waals surface area (Å²) >= 11 is 4.40. The number of hydrogen-bond acceptors (Lipinski definition) is 2. The smallest absolute Gasteiger partial charge is 0.0882 e. The van der Waals surface area contributed by atoms with Gasteiger partial charge in [-0.15, -0.1) is 0 Å². The topological polar surface area (TPSA) is 0 Å². The van der Waals surface area contributed by atoms with Gasteiger partial charge in [0.2, 0.25) is 0 Å². The minimum absolute atomic E-state index is 0.111. The second-order valence-corrected chi connectivity index (χ2v) is 2.21. The van der Waals surface area contributed by atoms with E-state index in [1.165, 1.54) is 0 Å². The summed E-state index contributed by atoms with van der Waals surface area (Å²) in [6.07, 6.45) is 0. The summed E-state index contributed by atoms with van der Waals surface area (Å²) < 4.78 is 11.2. The highest BCUT2D eigenvalue weighted by Crippen LogP contribution is 2.01. The number of halogens is 1. The molecule has 0 spiro atoms. The lowest BCUT2D eigenvalue weighted by Crippen LogP contribution is -1.62. The molecule has 0 fully saturated rings. The van der Waals surface area contributed by atoms with Crippen LogP contribution in [0.3, 0.4) is 0 Å². The Hall–Kier alpha value is 0.370. The van der Waals surface area contributed by atoms with Gasteiger partial charge in [0.1, 0.15) is 0 Å². The second kappa shape index (κ2) is 2.60. The van der Waals surface area contributed by atoms with Gasteiger partial charge in [0.05, 0.1) is 16.3 Å². The highest BCUT2D eigenvalue weighted by Gasteiger charge is 1.77. The van der Waals surface area contributed by atoms with Crippen molar-refractivity contribution in [3.63, 3.8) is 0 Å². The molecular formula is C2H3FS2. The first-order valence-corrected chi connectivity index (χ1v) is 2.19. The molecule has 0 heterocycles. The molecule has 0 aliphatic carbocycles. The third-order valence-corrected chi connectivity index (χ3v) is 0.515. The maximum Gasteiger partial charge on any atom is 0.0882 e. The molecule has 0 radical (unpaired) electrons. The van der Waals surface area contributed by atoms with Gasteiger partial charge >= 0.3 is 0 Å².